The summed E-state index contributed by atoms with van der Waals surface area (Å²) in [6.07, 6.45) is -0.543. The molecule has 25 heavy (non-hydrogen) atoms. The summed E-state index contributed by atoms with van der Waals surface area (Å²) < 4.78 is 37.7. The minimum Gasteiger partial charge on any atom is -0.355 e. The van der Waals surface area contributed by atoms with Crippen LogP contribution in [-0.4, -0.2) is 46.0 Å². The van der Waals surface area contributed by atoms with Gasteiger partial charge in [0.05, 0.1) is 0 Å². The molecule has 2 aromatic rings. The van der Waals surface area contributed by atoms with E-state index in [0.717, 1.165) is 42.7 Å². The van der Waals surface area contributed by atoms with Crippen molar-refractivity contribution in [3.8, 4) is 0 Å². The fraction of sp³-hybridized carbons (Fsp3) is 0.471. The average molecular weight is 351 g/mol. The van der Waals surface area contributed by atoms with E-state index in [4.69, 9.17) is 0 Å². The Balaban J connectivity index is 1.59. The van der Waals surface area contributed by atoms with Gasteiger partial charge in [-0.15, -0.1) is 0 Å². The quantitative estimate of drug-likeness (QED) is 0.848. The van der Waals surface area contributed by atoms with Gasteiger partial charge in [0.25, 0.3) is 0 Å². The summed E-state index contributed by atoms with van der Waals surface area (Å²) >= 11 is 0. The molecule has 1 saturated heterocycles. The molecule has 5 nitrogen and oxygen atoms in total. The van der Waals surface area contributed by atoms with Crippen LogP contribution in [-0.2, 0) is 12.7 Å². The lowest BCUT2D eigenvalue weighted by atomic mass is 10.2. The molecule has 0 aliphatic carbocycles. The molecule has 1 atom stereocenters. The summed E-state index contributed by atoms with van der Waals surface area (Å²) in [5.41, 5.74) is 0.853. The second-order valence-corrected chi connectivity index (χ2v) is 6.36. The standard InChI is InChI=1S/C17H20F3N5/c1-12-7-16(23-11-22-12)24(2)14-5-6-25(10-14)9-13-3-4-15(21-8-13)17(18,19)20/h3-4,7-8,11,14H,5-6,9-10H2,1-2H3. The third-order valence-electron chi connectivity index (χ3n) is 4.47. The van der Waals surface area contributed by atoms with Gasteiger partial charge in [0.15, 0.2) is 0 Å². The Labute approximate surface area is 144 Å². The Hall–Kier alpha value is -2.22. The number of likely N-dealkylation sites (N-methyl/N-ethyl adjacent to an activating group) is 1. The van der Waals surface area contributed by atoms with E-state index in [1.165, 1.54) is 12.3 Å². The molecule has 1 aliphatic rings. The van der Waals surface area contributed by atoms with Crippen molar-refractivity contribution in [1.29, 1.82) is 0 Å². The highest BCUT2D eigenvalue weighted by atomic mass is 19.4. The van der Waals surface area contributed by atoms with Gasteiger partial charge in [-0.25, -0.2) is 9.97 Å². The topological polar surface area (TPSA) is 45.2 Å². The van der Waals surface area contributed by atoms with Gasteiger partial charge in [0.1, 0.15) is 17.8 Å². The molecular formula is C17H20F3N5. The van der Waals surface area contributed by atoms with E-state index in [1.54, 1.807) is 6.33 Å². The molecule has 134 valence electrons. The van der Waals surface area contributed by atoms with E-state index >= 15 is 0 Å². The van der Waals surface area contributed by atoms with Crippen LogP contribution in [0.25, 0.3) is 0 Å². The van der Waals surface area contributed by atoms with Gasteiger partial charge in [0.2, 0.25) is 0 Å². The molecule has 0 amide bonds. The van der Waals surface area contributed by atoms with E-state index in [1.807, 2.05) is 20.0 Å². The SMILES string of the molecule is Cc1cc(N(C)C2CCN(Cc3ccc(C(F)(F)F)nc3)C2)ncn1. The molecule has 2 aromatic heterocycles. The molecule has 8 heteroatoms. The number of hydrogen-bond donors (Lipinski definition) is 0. The van der Waals surface area contributed by atoms with E-state index in [2.05, 4.69) is 24.8 Å². The van der Waals surface area contributed by atoms with Crippen LogP contribution in [0.2, 0.25) is 0 Å². The summed E-state index contributed by atoms with van der Waals surface area (Å²) in [5.74, 6) is 0.885. The molecule has 0 radical (unpaired) electrons. The predicted octanol–water partition coefficient (Wildman–Crippen LogP) is 2.91. The number of hydrogen-bond acceptors (Lipinski definition) is 5. The smallest absolute Gasteiger partial charge is 0.355 e. The van der Waals surface area contributed by atoms with E-state index in [-0.39, 0.29) is 0 Å². The molecule has 0 saturated carbocycles. The summed E-state index contributed by atoms with van der Waals surface area (Å²) in [6.45, 7) is 4.25. The van der Waals surface area contributed by atoms with Gasteiger partial charge >= 0.3 is 6.18 Å². The molecule has 1 aliphatic heterocycles. The molecule has 1 fully saturated rings. The molecule has 0 N–H and O–H groups in total. The fourth-order valence-corrected chi connectivity index (χ4v) is 3.04. The van der Waals surface area contributed by atoms with Crippen LogP contribution in [0.4, 0.5) is 19.0 Å². The van der Waals surface area contributed by atoms with Crippen LogP contribution >= 0.6 is 0 Å². The minimum atomic E-state index is -4.39. The molecule has 0 spiro atoms. The molecule has 0 aromatic carbocycles. The number of aryl methyl sites for hydroxylation is 1. The van der Waals surface area contributed by atoms with Crippen molar-refractivity contribution in [2.24, 2.45) is 0 Å². The first-order valence-corrected chi connectivity index (χ1v) is 8.09. The fourth-order valence-electron chi connectivity index (χ4n) is 3.04. The van der Waals surface area contributed by atoms with Gasteiger partial charge in [-0.1, -0.05) is 6.07 Å². The summed E-state index contributed by atoms with van der Waals surface area (Å²) in [7, 11) is 2.01. The summed E-state index contributed by atoms with van der Waals surface area (Å²) in [4.78, 5) is 16.3. The maximum absolute atomic E-state index is 12.6. The van der Waals surface area contributed by atoms with Crippen molar-refractivity contribution in [2.45, 2.75) is 32.1 Å². The monoisotopic (exact) mass is 351 g/mol. The van der Waals surface area contributed by atoms with Crippen LogP contribution in [0.15, 0.2) is 30.7 Å². The summed E-state index contributed by atoms with van der Waals surface area (Å²) in [5, 5.41) is 0. The lowest BCUT2D eigenvalue weighted by Crippen LogP contribution is -2.35. The molecule has 0 bridgehead atoms. The van der Waals surface area contributed by atoms with Crippen molar-refractivity contribution in [1.82, 2.24) is 19.9 Å². The van der Waals surface area contributed by atoms with E-state index in [0.29, 0.717) is 12.6 Å². The highest BCUT2D eigenvalue weighted by molar-refractivity contribution is 5.39. The average Bonchev–Trinajstić information content (AvgIpc) is 3.02. The van der Waals surface area contributed by atoms with Crippen molar-refractivity contribution < 1.29 is 13.2 Å². The van der Waals surface area contributed by atoms with Crippen molar-refractivity contribution in [3.05, 3.63) is 47.7 Å². The maximum atomic E-state index is 12.6. The van der Waals surface area contributed by atoms with Crippen molar-refractivity contribution >= 4 is 5.82 Å². The predicted molar refractivity (Wildman–Crippen MR) is 88.1 cm³/mol. The molecule has 1 unspecified atom stereocenters. The first-order valence-electron chi connectivity index (χ1n) is 8.09. The van der Waals surface area contributed by atoms with Crippen molar-refractivity contribution in [2.75, 3.05) is 25.0 Å². The van der Waals surface area contributed by atoms with Gasteiger partial charge in [0, 0.05) is 50.7 Å². The van der Waals surface area contributed by atoms with Crippen LogP contribution < -0.4 is 4.90 Å². The highest BCUT2D eigenvalue weighted by Gasteiger charge is 2.32. The number of anilines is 1. The van der Waals surface area contributed by atoms with Gasteiger partial charge in [-0.2, -0.15) is 13.2 Å². The number of pyridine rings is 1. The Bertz CT molecular complexity index is 717. The zero-order chi connectivity index (χ0) is 18.0. The Kier molecular flexibility index (Phi) is 4.89. The second kappa shape index (κ2) is 6.95. The first-order chi connectivity index (χ1) is 11.8. The van der Waals surface area contributed by atoms with Crippen molar-refractivity contribution in [3.63, 3.8) is 0 Å². The normalized spacial score (nSPS) is 18.5. The number of aromatic nitrogens is 3. The van der Waals surface area contributed by atoms with Crippen LogP contribution in [0.3, 0.4) is 0 Å². The summed E-state index contributed by atoms with van der Waals surface area (Å²) in [6, 6.07) is 4.80. The number of halogens is 3. The van der Waals surface area contributed by atoms with E-state index < -0.39 is 11.9 Å². The molecular weight excluding hydrogens is 331 g/mol. The van der Waals surface area contributed by atoms with Gasteiger partial charge < -0.3 is 4.90 Å². The molecule has 3 heterocycles. The van der Waals surface area contributed by atoms with Crippen LogP contribution in [0.5, 0.6) is 0 Å². The van der Waals surface area contributed by atoms with Gasteiger partial charge in [-0.3, -0.25) is 9.88 Å². The van der Waals surface area contributed by atoms with Crippen LogP contribution in [0, 0.1) is 6.92 Å². The highest BCUT2D eigenvalue weighted by Crippen LogP contribution is 2.27. The third kappa shape index (κ3) is 4.25. The number of likely N-dealkylation sites (tertiary alicyclic amines) is 1. The molecule has 3 rings (SSSR count). The zero-order valence-corrected chi connectivity index (χ0v) is 14.2. The zero-order valence-electron chi connectivity index (χ0n) is 14.2. The Morgan fingerprint density at radius 3 is 2.68 bits per heavy atom. The Morgan fingerprint density at radius 1 is 1.24 bits per heavy atom. The number of rotatable bonds is 4. The van der Waals surface area contributed by atoms with E-state index in [9.17, 15) is 13.2 Å². The minimum absolute atomic E-state index is 0.316. The number of nitrogens with zero attached hydrogens (tertiary/aromatic N) is 5. The first kappa shape index (κ1) is 17.6. The number of alkyl halides is 3. The lowest BCUT2D eigenvalue weighted by molar-refractivity contribution is -0.141. The lowest BCUT2D eigenvalue weighted by Gasteiger charge is -2.26. The third-order valence-corrected chi connectivity index (χ3v) is 4.47. The second-order valence-electron chi connectivity index (χ2n) is 6.36. The maximum Gasteiger partial charge on any atom is 0.433 e. The van der Waals surface area contributed by atoms with Gasteiger partial charge in [-0.05, 0) is 25.0 Å². The van der Waals surface area contributed by atoms with Crippen LogP contribution in [0.1, 0.15) is 23.4 Å². The Morgan fingerprint density at radius 2 is 2.04 bits per heavy atom. The largest absolute Gasteiger partial charge is 0.433 e.